The Morgan fingerprint density at radius 1 is 1.00 bits per heavy atom. The quantitative estimate of drug-likeness (QED) is 0.383. The highest BCUT2D eigenvalue weighted by Gasteiger charge is 2.27. The fourth-order valence-electron chi connectivity index (χ4n) is 2.84. The van der Waals surface area contributed by atoms with E-state index in [1.165, 1.54) is 25.7 Å². The minimum Gasteiger partial charge on any atom is -0.494 e. The molecule has 0 heterocycles. The molecule has 0 spiro atoms. The predicted molar refractivity (Wildman–Crippen MR) is 94.3 cm³/mol. The summed E-state index contributed by atoms with van der Waals surface area (Å²) in [5, 5.41) is 18.6. The smallest absolute Gasteiger partial charge is 0.153 e. The number of unbranched alkanes of at least 4 members (excludes halogenated alkanes) is 5. The maximum atomic E-state index is 9.31. The number of rotatable bonds is 13. The second-order valence-corrected chi connectivity index (χ2v) is 6.48. The number of hydrogen-bond acceptors (Lipinski definition) is 4. The van der Waals surface area contributed by atoms with Gasteiger partial charge in [0.15, 0.2) is 6.29 Å². The van der Waals surface area contributed by atoms with Crippen molar-refractivity contribution < 1.29 is 14.9 Å². The van der Waals surface area contributed by atoms with Gasteiger partial charge in [0, 0.05) is 12.0 Å². The molecule has 1 atom stereocenters. The monoisotopic (exact) mass is 323 g/mol. The number of para-hydroxylation sites is 1. The Morgan fingerprint density at radius 3 is 2.30 bits per heavy atom. The van der Waals surface area contributed by atoms with Gasteiger partial charge in [0.1, 0.15) is 5.75 Å². The van der Waals surface area contributed by atoms with E-state index in [9.17, 15) is 10.2 Å². The summed E-state index contributed by atoms with van der Waals surface area (Å²) in [6.07, 6.45) is 7.46. The molecular formula is C19H33NO3. The third-order valence-corrected chi connectivity index (χ3v) is 4.23. The lowest BCUT2D eigenvalue weighted by molar-refractivity contribution is -0.0624. The van der Waals surface area contributed by atoms with Crippen molar-refractivity contribution in [1.82, 2.24) is 0 Å². The summed E-state index contributed by atoms with van der Waals surface area (Å²) in [7, 11) is 0. The Labute approximate surface area is 140 Å². The van der Waals surface area contributed by atoms with E-state index < -0.39 is 11.8 Å². The average molecular weight is 323 g/mol. The molecule has 0 aliphatic rings. The Morgan fingerprint density at radius 2 is 1.65 bits per heavy atom. The van der Waals surface area contributed by atoms with Gasteiger partial charge in [-0.05, 0) is 25.0 Å². The van der Waals surface area contributed by atoms with Gasteiger partial charge >= 0.3 is 0 Å². The molecule has 4 heteroatoms. The van der Waals surface area contributed by atoms with E-state index in [0.717, 1.165) is 25.0 Å². The first kappa shape index (κ1) is 19.9. The molecule has 1 aromatic rings. The van der Waals surface area contributed by atoms with Crippen LogP contribution in [0.15, 0.2) is 30.3 Å². The molecule has 1 unspecified atom stereocenters. The maximum Gasteiger partial charge on any atom is 0.153 e. The molecule has 1 rings (SSSR count). The third-order valence-electron chi connectivity index (χ3n) is 4.23. The van der Waals surface area contributed by atoms with Crippen LogP contribution in [0.4, 0.5) is 0 Å². The summed E-state index contributed by atoms with van der Waals surface area (Å²) in [5.74, 6) is 0.818. The topological polar surface area (TPSA) is 75.7 Å². The first-order chi connectivity index (χ1) is 11.1. The van der Waals surface area contributed by atoms with E-state index in [1.54, 1.807) is 0 Å². The van der Waals surface area contributed by atoms with Crippen LogP contribution in [0.25, 0.3) is 0 Å². The van der Waals surface area contributed by atoms with Crippen LogP contribution in [0.2, 0.25) is 0 Å². The van der Waals surface area contributed by atoms with Gasteiger partial charge in [-0.15, -0.1) is 0 Å². The average Bonchev–Trinajstić information content (AvgIpc) is 2.51. The molecule has 0 bridgehead atoms. The lowest BCUT2D eigenvalue weighted by atomic mass is 9.86. The van der Waals surface area contributed by atoms with Crippen LogP contribution in [0.5, 0.6) is 5.75 Å². The first-order valence-corrected chi connectivity index (χ1v) is 8.88. The van der Waals surface area contributed by atoms with Gasteiger partial charge in [-0.1, -0.05) is 63.6 Å². The predicted octanol–water partition coefficient (Wildman–Crippen LogP) is 3.60. The molecule has 0 saturated carbocycles. The Balaban J connectivity index is 2.34. The minimum atomic E-state index is -1.36. The molecule has 0 fully saturated rings. The Bertz CT molecular complexity index is 397. The van der Waals surface area contributed by atoms with E-state index in [4.69, 9.17) is 10.5 Å². The zero-order valence-electron chi connectivity index (χ0n) is 14.4. The van der Waals surface area contributed by atoms with E-state index >= 15 is 0 Å². The minimum absolute atomic E-state index is 0.195. The number of aliphatic hydroxyl groups is 2. The second-order valence-electron chi connectivity index (χ2n) is 6.48. The lowest BCUT2D eigenvalue weighted by Crippen LogP contribution is -2.44. The van der Waals surface area contributed by atoms with Crippen molar-refractivity contribution in [3.8, 4) is 5.75 Å². The zero-order valence-corrected chi connectivity index (χ0v) is 14.4. The van der Waals surface area contributed by atoms with Crippen LogP contribution in [0.3, 0.4) is 0 Å². The van der Waals surface area contributed by atoms with Crippen LogP contribution in [-0.2, 0) is 0 Å². The van der Waals surface area contributed by atoms with Crippen LogP contribution in [0.1, 0.15) is 64.7 Å². The van der Waals surface area contributed by atoms with E-state index in [-0.39, 0.29) is 6.42 Å². The normalized spacial score (nSPS) is 14.0. The van der Waals surface area contributed by atoms with Crippen molar-refractivity contribution >= 4 is 0 Å². The number of nitrogens with two attached hydrogens (primary N) is 1. The summed E-state index contributed by atoms with van der Waals surface area (Å²) in [6.45, 7) is 2.70. The molecule has 0 aromatic heterocycles. The van der Waals surface area contributed by atoms with Crippen LogP contribution in [0, 0.1) is 0 Å². The molecule has 23 heavy (non-hydrogen) atoms. The van der Waals surface area contributed by atoms with E-state index in [0.29, 0.717) is 13.0 Å². The highest BCUT2D eigenvalue weighted by molar-refractivity contribution is 5.20. The molecule has 0 aliphatic carbocycles. The number of hydrogen-bond donors (Lipinski definition) is 3. The van der Waals surface area contributed by atoms with Crippen molar-refractivity contribution in [2.75, 3.05) is 6.61 Å². The van der Waals surface area contributed by atoms with E-state index in [1.807, 2.05) is 30.3 Å². The molecule has 132 valence electrons. The van der Waals surface area contributed by atoms with Gasteiger partial charge in [-0.25, -0.2) is 0 Å². The zero-order chi connectivity index (χ0) is 17.0. The standard InChI is InChI=1S/C19H33NO3/c1-2-3-4-5-6-10-13-19(20,16-18(21)22)14-15-23-17-11-8-7-9-12-17/h7-9,11-12,18,21-22H,2-6,10,13-16,20H2,1H3. The van der Waals surface area contributed by atoms with Gasteiger partial charge in [-0.3, -0.25) is 0 Å². The summed E-state index contributed by atoms with van der Waals surface area (Å²) >= 11 is 0. The van der Waals surface area contributed by atoms with E-state index in [2.05, 4.69) is 6.92 Å². The Hall–Kier alpha value is -1.10. The lowest BCUT2D eigenvalue weighted by Gasteiger charge is -2.30. The van der Waals surface area contributed by atoms with Crippen LogP contribution >= 0.6 is 0 Å². The highest BCUT2D eigenvalue weighted by Crippen LogP contribution is 2.23. The third kappa shape index (κ3) is 9.59. The van der Waals surface area contributed by atoms with Crippen molar-refractivity contribution in [2.24, 2.45) is 5.73 Å². The van der Waals surface area contributed by atoms with Gasteiger partial charge in [-0.2, -0.15) is 0 Å². The van der Waals surface area contributed by atoms with Gasteiger partial charge < -0.3 is 20.7 Å². The van der Waals surface area contributed by atoms with Crippen LogP contribution < -0.4 is 10.5 Å². The number of ether oxygens (including phenoxy) is 1. The van der Waals surface area contributed by atoms with Crippen molar-refractivity contribution in [1.29, 1.82) is 0 Å². The van der Waals surface area contributed by atoms with Crippen molar-refractivity contribution in [3.05, 3.63) is 30.3 Å². The molecular weight excluding hydrogens is 290 g/mol. The van der Waals surface area contributed by atoms with Crippen molar-refractivity contribution in [3.63, 3.8) is 0 Å². The summed E-state index contributed by atoms with van der Waals surface area (Å²) in [5.41, 5.74) is 5.83. The first-order valence-electron chi connectivity index (χ1n) is 8.88. The molecule has 1 aromatic carbocycles. The highest BCUT2D eigenvalue weighted by atomic mass is 16.5. The van der Waals surface area contributed by atoms with Crippen LogP contribution in [-0.4, -0.2) is 28.6 Å². The number of aliphatic hydroxyl groups excluding tert-OH is 1. The molecule has 0 saturated heterocycles. The van der Waals surface area contributed by atoms with Gasteiger partial charge in [0.2, 0.25) is 0 Å². The number of benzene rings is 1. The fraction of sp³-hybridized carbons (Fsp3) is 0.684. The fourth-order valence-corrected chi connectivity index (χ4v) is 2.84. The van der Waals surface area contributed by atoms with Crippen molar-refractivity contribution in [2.45, 2.75) is 76.5 Å². The summed E-state index contributed by atoms with van der Waals surface area (Å²) in [4.78, 5) is 0. The Kier molecular flexibility index (Phi) is 9.92. The van der Waals surface area contributed by atoms with Gasteiger partial charge in [0.25, 0.3) is 0 Å². The SMILES string of the molecule is CCCCCCCCC(N)(CCOc1ccccc1)CC(O)O. The summed E-state index contributed by atoms with van der Waals surface area (Å²) < 4.78 is 5.70. The second kappa shape index (κ2) is 11.4. The molecule has 4 nitrogen and oxygen atoms in total. The molecule has 0 amide bonds. The molecule has 0 aliphatic heterocycles. The largest absolute Gasteiger partial charge is 0.494 e. The maximum absolute atomic E-state index is 9.31. The van der Waals surface area contributed by atoms with Gasteiger partial charge in [0.05, 0.1) is 6.61 Å². The summed E-state index contributed by atoms with van der Waals surface area (Å²) in [6, 6.07) is 9.62. The molecule has 0 radical (unpaired) electrons. The molecule has 4 N–H and O–H groups in total.